The zero-order chi connectivity index (χ0) is 14.2. The minimum absolute atomic E-state index is 0.262. The summed E-state index contributed by atoms with van der Waals surface area (Å²) < 4.78 is 5.97. The normalized spacial score (nSPS) is 25.2. The Balaban J connectivity index is 1.47. The van der Waals surface area contributed by atoms with Crippen molar-refractivity contribution in [1.82, 2.24) is 5.32 Å². The Bertz CT molecular complexity index is 476. The van der Waals surface area contributed by atoms with Crippen molar-refractivity contribution in [3.8, 4) is 5.75 Å². The largest absolute Gasteiger partial charge is 0.488 e. The molecule has 1 aromatic carbocycles. The zero-order valence-corrected chi connectivity index (χ0v) is 13.2. The summed E-state index contributed by atoms with van der Waals surface area (Å²) in [5, 5.41) is 4.49. The Morgan fingerprint density at radius 2 is 2.05 bits per heavy atom. The first-order valence-electron chi connectivity index (χ1n) is 7.70. The number of nitrogens with one attached hydrogen (secondary N) is 1. The summed E-state index contributed by atoms with van der Waals surface area (Å²) in [5.41, 5.74) is 1.78. The van der Waals surface area contributed by atoms with Crippen molar-refractivity contribution in [1.29, 1.82) is 0 Å². The smallest absolute Gasteiger partial charge is 0.123 e. The van der Waals surface area contributed by atoms with E-state index in [2.05, 4.69) is 19.2 Å². The van der Waals surface area contributed by atoms with E-state index in [1.54, 1.807) is 0 Å². The number of fused-ring (bicyclic) bond motifs is 1. The van der Waals surface area contributed by atoms with Gasteiger partial charge in [0.25, 0.3) is 0 Å². The number of hydrogen-bond acceptors (Lipinski definition) is 2. The van der Waals surface area contributed by atoms with Gasteiger partial charge in [0.15, 0.2) is 0 Å². The lowest BCUT2D eigenvalue weighted by Gasteiger charge is -2.35. The molecule has 0 amide bonds. The Morgan fingerprint density at radius 3 is 2.80 bits per heavy atom. The van der Waals surface area contributed by atoms with Gasteiger partial charge in [-0.3, -0.25) is 0 Å². The van der Waals surface area contributed by atoms with Gasteiger partial charge in [-0.25, -0.2) is 0 Å². The van der Waals surface area contributed by atoms with Crippen LogP contribution in [0, 0.1) is 5.41 Å². The van der Waals surface area contributed by atoms with Crippen LogP contribution in [-0.4, -0.2) is 18.7 Å². The standard InChI is InChI=1S/C17H24ClNO/c1-17(2)7-5-14(6-8-17)19-11-15-10-12-9-13(18)3-4-16(12)20-15/h3-4,9,14-15,19H,5-8,10-11H2,1-2H3. The topological polar surface area (TPSA) is 21.3 Å². The van der Waals surface area contributed by atoms with Crippen molar-refractivity contribution >= 4 is 11.6 Å². The van der Waals surface area contributed by atoms with E-state index in [4.69, 9.17) is 16.3 Å². The zero-order valence-electron chi connectivity index (χ0n) is 12.4. The van der Waals surface area contributed by atoms with Gasteiger partial charge in [0.2, 0.25) is 0 Å². The van der Waals surface area contributed by atoms with E-state index in [1.807, 2.05) is 18.2 Å². The fourth-order valence-electron chi connectivity index (χ4n) is 3.30. The summed E-state index contributed by atoms with van der Waals surface area (Å²) in [6.07, 6.45) is 6.47. The fourth-order valence-corrected chi connectivity index (χ4v) is 3.50. The second-order valence-corrected chi connectivity index (χ2v) is 7.48. The lowest BCUT2D eigenvalue weighted by atomic mass is 9.75. The third-order valence-corrected chi connectivity index (χ3v) is 4.97. The summed E-state index contributed by atoms with van der Waals surface area (Å²) in [7, 11) is 0. The van der Waals surface area contributed by atoms with E-state index in [9.17, 15) is 0 Å². The highest BCUT2D eigenvalue weighted by molar-refractivity contribution is 6.30. The molecule has 0 saturated heterocycles. The Hall–Kier alpha value is -0.730. The summed E-state index contributed by atoms with van der Waals surface area (Å²) >= 11 is 6.03. The van der Waals surface area contributed by atoms with Crippen molar-refractivity contribution in [3.05, 3.63) is 28.8 Å². The molecule has 1 unspecified atom stereocenters. The number of ether oxygens (including phenoxy) is 1. The number of benzene rings is 1. The molecule has 3 rings (SSSR count). The minimum Gasteiger partial charge on any atom is -0.488 e. The third kappa shape index (κ3) is 3.29. The minimum atomic E-state index is 0.262. The van der Waals surface area contributed by atoms with E-state index in [-0.39, 0.29) is 6.10 Å². The van der Waals surface area contributed by atoms with Crippen LogP contribution in [0.4, 0.5) is 0 Å². The van der Waals surface area contributed by atoms with E-state index >= 15 is 0 Å². The molecule has 1 aliphatic heterocycles. The third-order valence-electron chi connectivity index (χ3n) is 4.74. The molecule has 1 atom stereocenters. The fraction of sp³-hybridized carbons (Fsp3) is 0.647. The average Bonchev–Trinajstić information content (AvgIpc) is 2.79. The van der Waals surface area contributed by atoms with E-state index in [0.29, 0.717) is 11.5 Å². The van der Waals surface area contributed by atoms with Gasteiger partial charge >= 0.3 is 0 Å². The number of rotatable bonds is 3. The summed E-state index contributed by atoms with van der Waals surface area (Å²) in [6.45, 7) is 5.70. The molecule has 2 aliphatic rings. The molecular weight excluding hydrogens is 270 g/mol. The maximum absolute atomic E-state index is 6.03. The molecule has 1 saturated carbocycles. The van der Waals surface area contributed by atoms with Crippen LogP contribution in [0.5, 0.6) is 5.75 Å². The van der Waals surface area contributed by atoms with Crippen LogP contribution in [0.15, 0.2) is 18.2 Å². The van der Waals surface area contributed by atoms with E-state index < -0.39 is 0 Å². The van der Waals surface area contributed by atoms with Gasteiger partial charge in [-0.1, -0.05) is 25.4 Å². The second-order valence-electron chi connectivity index (χ2n) is 7.04. The molecule has 0 aromatic heterocycles. The van der Waals surface area contributed by atoms with E-state index in [0.717, 1.165) is 23.7 Å². The van der Waals surface area contributed by atoms with Crippen molar-refractivity contribution in [2.75, 3.05) is 6.54 Å². The first-order valence-corrected chi connectivity index (χ1v) is 8.08. The summed E-state index contributed by atoms with van der Waals surface area (Å²) in [5.74, 6) is 1.01. The van der Waals surface area contributed by atoms with Crippen LogP contribution in [-0.2, 0) is 6.42 Å². The summed E-state index contributed by atoms with van der Waals surface area (Å²) in [4.78, 5) is 0. The van der Waals surface area contributed by atoms with Gasteiger partial charge in [0, 0.05) is 24.0 Å². The predicted octanol–water partition coefficient (Wildman–Crippen LogP) is 4.20. The second kappa shape index (κ2) is 5.57. The van der Waals surface area contributed by atoms with Crippen LogP contribution in [0.1, 0.15) is 45.1 Å². The molecule has 0 spiro atoms. The first-order chi connectivity index (χ1) is 9.52. The maximum Gasteiger partial charge on any atom is 0.123 e. The Labute approximate surface area is 126 Å². The molecule has 1 heterocycles. The molecule has 1 fully saturated rings. The molecular formula is C17H24ClNO. The lowest BCUT2D eigenvalue weighted by Crippen LogP contribution is -2.40. The summed E-state index contributed by atoms with van der Waals surface area (Å²) in [6, 6.07) is 6.58. The van der Waals surface area contributed by atoms with Crippen LogP contribution in [0.2, 0.25) is 5.02 Å². The van der Waals surface area contributed by atoms with Gasteiger partial charge in [-0.15, -0.1) is 0 Å². The molecule has 2 nitrogen and oxygen atoms in total. The van der Waals surface area contributed by atoms with Crippen molar-refractivity contribution < 1.29 is 4.74 Å². The monoisotopic (exact) mass is 293 g/mol. The molecule has 20 heavy (non-hydrogen) atoms. The lowest BCUT2D eigenvalue weighted by molar-refractivity contribution is 0.181. The van der Waals surface area contributed by atoms with Crippen LogP contribution in [0.25, 0.3) is 0 Å². The maximum atomic E-state index is 6.03. The molecule has 0 radical (unpaired) electrons. The van der Waals surface area contributed by atoms with Crippen molar-refractivity contribution in [2.24, 2.45) is 5.41 Å². The molecule has 1 aliphatic carbocycles. The molecule has 110 valence electrons. The van der Waals surface area contributed by atoms with Crippen molar-refractivity contribution in [3.63, 3.8) is 0 Å². The number of hydrogen-bond donors (Lipinski definition) is 1. The van der Waals surface area contributed by atoms with Crippen LogP contribution < -0.4 is 10.1 Å². The van der Waals surface area contributed by atoms with Crippen LogP contribution in [0.3, 0.4) is 0 Å². The molecule has 3 heteroatoms. The van der Waals surface area contributed by atoms with Gasteiger partial charge in [-0.2, -0.15) is 0 Å². The number of halogens is 1. The Kier molecular flexibility index (Phi) is 3.96. The molecule has 1 aromatic rings. The highest BCUT2D eigenvalue weighted by Gasteiger charge is 2.28. The van der Waals surface area contributed by atoms with E-state index in [1.165, 1.54) is 31.2 Å². The first kappa shape index (κ1) is 14.2. The van der Waals surface area contributed by atoms with Gasteiger partial charge < -0.3 is 10.1 Å². The Morgan fingerprint density at radius 1 is 1.30 bits per heavy atom. The molecule has 0 bridgehead atoms. The molecule has 1 N–H and O–H groups in total. The highest BCUT2D eigenvalue weighted by atomic mass is 35.5. The van der Waals surface area contributed by atoms with Gasteiger partial charge in [-0.05, 0) is 54.9 Å². The van der Waals surface area contributed by atoms with Crippen molar-refractivity contribution in [2.45, 2.75) is 58.1 Å². The SMILES string of the molecule is CC1(C)CCC(NCC2Cc3cc(Cl)ccc3O2)CC1. The van der Waals surface area contributed by atoms with Gasteiger partial charge in [0.05, 0.1) is 0 Å². The van der Waals surface area contributed by atoms with Crippen LogP contribution >= 0.6 is 11.6 Å². The average molecular weight is 294 g/mol. The predicted molar refractivity (Wildman–Crippen MR) is 83.6 cm³/mol. The highest BCUT2D eigenvalue weighted by Crippen LogP contribution is 2.35. The quantitative estimate of drug-likeness (QED) is 0.902. The van der Waals surface area contributed by atoms with Gasteiger partial charge in [0.1, 0.15) is 11.9 Å².